The van der Waals surface area contributed by atoms with Crippen molar-refractivity contribution in [1.29, 1.82) is 0 Å². The Balaban J connectivity index is 2.87. The Bertz CT molecular complexity index is 312. The molecule has 0 bridgehead atoms. The minimum absolute atomic E-state index is 0.536. The first kappa shape index (κ1) is 12.8. The summed E-state index contributed by atoms with van der Waals surface area (Å²) in [7, 11) is 0. The van der Waals surface area contributed by atoms with E-state index >= 15 is 0 Å². The number of pyridine rings is 1. The van der Waals surface area contributed by atoms with Crippen LogP contribution in [0.15, 0.2) is 18.2 Å². The van der Waals surface area contributed by atoms with E-state index in [0.29, 0.717) is 6.04 Å². The van der Waals surface area contributed by atoms with Gasteiger partial charge in [-0.1, -0.05) is 13.0 Å². The van der Waals surface area contributed by atoms with Crippen LogP contribution in [0.2, 0.25) is 0 Å². The number of hydrogen-bond donors (Lipinski definition) is 1. The van der Waals surface area contributed by atoms with Gasteiger partial charge >= 0.3 is 0 Å². The van der Waals surface area contributed by atoms with Gasteiger partial charge in [-0.2, -0.15) is 0 Å². The molecule has 3 nitrogen and oxygen atoms in total. The van der Waals surface area contributed by atoms with E-state index in [4.69, 9.17) is 0 Å². The molecule has 1 aromatic rings. The summed E-state index contributed by atoms with van der Waals surface area (Å²) in [5, 5.41) is 3.25. The Hall–Kier alpha value is -1.25. The van der Waals surface area contributed by atoms with Gasteiger partial charge in [-0.25, -0.2) is 4.98 Å². The van der Waals surface area contributed by atoms with E-state index < -0.39 is 0 Å². The second kappa shape index (κ2) is 6.36. The van der Waals surface area contributed by atoms with E-state index in [0.717, 1.165) is 31.1 Å². The van der Waals surface area contributed by atoms with Gasteiger partial charge in [0.05, 0.1) is 0 Å². The van der Waals surface area contributed by atoms with E-state index in [-0.39, 0.29) is 0 Å². The highest BCUT2D eigenvalue weighted by Crippen LogP contribution is 2.17. The van der Waals surface area contributed by atoms with Crippen LogP contribution >= 0.6 is 0 Å². The molecule has 16 heavy (non-hydrogen) atoms. The van der Waals surface area contributed by atoms with Crippen molar-refractivity contribution in [3.05, 3.63) is 18.2 Å². The predicted molar refractivity (Wildman–Crippen MR) is 71.2 cm³/mol. The third-order valence-electron chi connectivity index (χ3n) is 2.85. The van der Waals surface area contributed by atoms with E-state index in [1.807, 2.05) is 6.07 Å². The molecule has 0 amide bonds. The third-order valence-corrected chi connectivity index (χ3v) is 2.85. The van der Waals surface area contributed by atoms with Crippen LogP contribution in [0.3, 0.4) is 0 Å². The summed E-state index contributed by atoms with van der Waals surface area (Å²) in [6.45, 7) is 10.6. The lowest BCUT2D eigenvalue weighted by atomic mass is 10.2. The smallest absolute Gasteiger partial charge is 0.131 e. The van der Waals surface area contributed by atoms with Crippen LogP contribution in [0.25, 0.3) is 0 Å². The molecule has 0 aliphatic heterocycles. The average Bonchev–Trinajstić information content (AvgIpc) is 2.31. The predicted octanol–water partition coefficient (Wildman–Crippen LogP) is 3.14. The first-order valence-corrected chi connectivity index (χ1v) is 6.20. The quantitative estimate of drug-likeness (QED) is 0.800. The first-order chi connectivity index (χ1) is 7.72. The van der Waals surface area contributed by atoms with Crippen LogP contribution < -0.4 is 10.2 Å². The fourth-order valence-electron chi connectivity index (χ4n) is 1.78. The molecule has 0 radical (unpaired) electrons. The molecule has 3 heteroatoms. The van der Waals surface area contributed by atoms with Crippen molar-refractivity contribution in [2.75, 3.05) is 23.3 Å². The Morgan fingerprint density at radius 3 is 2.62 bits per heavy atom. The Kier molecular flexibility index (Phi) is 5.09. The minimum Gasteiger partial charge on any atom is -0.370 e. The van der Waals surface area contributed by atoms with E-state index in [2.05, 4.69) is 55.0 Å². The number of nitrogens with zero attached hydrogens (tertiary/aromatic N) is 2. The Morgan fingerprint density at radius 2 is 2.06 bits per heavy atom. The van der Waals surface area contributed by atoms with Crippen LogP contribution in [0.4, 0.5) is 11.6 Å². The second-order valence-electron chi connectivity index (χ2n) is 3.95. The van der Waals surface area contributed by atoms with Gasteiger partial charge in [0.2, 0.25) is 0 Å². The fraction of sp³-hybridized carbons (Fsp3) is 0.615. The van der Waals surface area contributed by atoms with Crippen molar-refractivity contribution in [1.82, 2.24) is 4.98 Å². The molecule has 1 N–H and O–H groups in total. The van der Waals surface area contributed by atoms with E-state index in [1.54, 1.807) is 0 Å². The highest BCUT2D eigenvalue weighted by molar-refractivity contribution is 5.47. The van der Waals surface area contributed by atoms with Crippen molar-refractivity contribution in [2.24, 2.45) is 0 Å². The van der Waals surface area contributed by atoms with Gasteiger partial charge in [0.1, 0.15) is 11.6 Å². The molecule has 1 heterocycles. The maximum absolute atomic E-state index is 4.62. The number of aromatic nitrogens is 1. The third kappa shape index (κ3) is 3.12. The largest absolute Gasteiger partial charge is 0.370 e. The first-order valence-electron chi connectivity index (χ1n) is 6.20. The van der Waals surface area contributed by atoms with Crippen molar-refractivity contribution in [2.45, 2.75) is 40.2 Å². The summed E-state index contributed by atoms with van der Waals surface area (Å²) in [4.78, 5) is 6.95. The molecule has 0 saturated carbocycles. The second-order valence-corrected chi connectivity index (χ2v) is 3.95. The molecule has 0 spiro atoms. The molecule has 1 atom stereocenters. The standard InChI is InChI=1S/C13H23N3/c1-5-11(4)16(7-3)13-10-8-9-12(15-13)14-6-2/h8-11H,5-7H2,1-4H3,(H,14,15). The maximum Gasteiger partial charge on any atom is 0.131 e. The number of anilines is 2. The molecule has 0 fully saturated rings. The Labute approximate surface area is 98.9 Å². The van der Waals surface area contributed by atoms with Crippen LogP contribution in [0.1, 0.15) is 34.1 Å². The lowest BCUT2D eigenvalue weighted by Gasteiger charge is -2.28. The molecule has 1 aromatic heterocycles. The lowest BCUT2D eigenvalue weighted by molar-refractivity contribution is 0.623. The topological polar surface area (TPSA) is 28.2 Å². The average molecular weight is 221 g/mol. The van der Waals surface area contributed by atoms with Gasteiger partial charge < -0.3 is 10.2 Å². The molecule has 1 unspecified atom stereocenters. The summed E-state index contributed by atoms with van der Waals surface area (Å²) in [6, 6.07) is 6.69. The zero-order valence-corrected chi connectivity index (χ0v) is 10.8. The number of rotatable bonds is 6. The summed E-state index contributed by atoms with van der Waals surface area (Å²) < 4.78 is 0. The summed E-state index contributed by atoms with van der Waals surface area (Å²) >= 11 is 0. The number of hydrogen-bond acceptors (Lipinski definition) is 3. The van der Waals surface area contributed by atoms with Crippen molar-refractivity contribution < 1.29 is 0 Å². The molecule has 90 valence electrons. The van der Waals surface area contributed by atoms with Crippen LogP contribution in [0, 0.1) is 0 Å². The highest BCUT2D eigenvalue weighted by Gasteiger charge is 2.12. The van der Waals surface area contributed by atoms with Gasteiger partial charge in [0.15, 0.2) is 0 Å². The van der Waals surface area contributed by atoms with E-state index in [9.17, 15) is 0 Å². The minimum atomic E-state index is 0.536. The van der Waals surface area contributed by atoms with Gasteiger partial charge in [0, 0.05) is 19.1 Å². The van der Waals surface area contributed by atoms with Crippen molar-refractivity contribution >= 4 is 11.6 Å². The highest BCUT2D eigenvalue weighted by atomic mass is 15.2. The zero-order chi connectivity index (χ0) is 12.0. The van der Waals surface area contributed by atoms with Crippen LogP contribution in [0.5, 0.6) is 0 Å². The van der Waals surface area contributed by atoms with E-state index in [1.165, 1.54) is 0 Å². The summed E-state index contributed by atoms with van der Waals surface area (Å²) in [6.07, 6.45) is 1.14. The van der Waals surface area contributed by atoms with Crippen LogP contribution in [-0.4, -0.2) is 24.1 Å². The van der Waals surface area contributed by atoms with Gasteiger partial charge in [-0.3, -0.25) is 0 Å². The number of nitrogens with one attached hydrogen (secondary N) is 1. The molecular formula is C13H23N3. The molecular weight excluding hydrogens is 198 g/mol. The molecule has 0 aromatic carbocycles. The van der Waals surface area contributed by atoms with Crippen molar-refractivity contribution in [3.63, 3.8) is 0 Å². The van der Waals surface area contributed by atoms with Gasteiger partial charge in [0.25, 0.3) is 0 Å². The Morgan fingerprint density at radius 1 is 1.31 bits per heavy atom. The molecule has 0 aliphatic carbocycles. The normalized spacial score (nSPS) is 12.2. The maximum atomic E-state index is 4.62. The zero-order valence-electron chi connectivity index (χ0n) is 10.8. The summed E-state index contributed by atoms with van der Waals surface area (Å²) in [5.74, 6) is 2.03. The molecule has 1 rings (SSSR count). The summed E-state index contributed by atoms with van der Waals surface area (Å²) in [5.41, 5.74) is 0. The van der Waals surface area contributed by atoms with Gasteiger partial charge in [-0.15, -0.1) is 0 Å². The van der Waals surface area contributed by atoms with Crippen LogP contribution in [-0.2, 0) is 0 Å². The lowest BCUT2D eigenvalue weighted by Crippen LogP contribution is -2.33. The molecule has 0 saturated heterocycles. The fourth-order valence-corrected chi connectivity index (χ4v) is 1.78. The van der Waals surface area contributed by atoms with Crippen molar-refractivity contribution in [3.8, 4) is 0 Å². The SMILES string of the molecule is CCNc1cccc(N(CC)C(C)CC)n1. The monoisotopic (exact) mass is 221 g/mol. The van der Waals surface area contributed by atoms with Gasteiger partial charge in [-0.05, 0) is 39.3 Å². The molecule has 0 aliphatic rings.